The average molecular weight is 1600 g/mol. The summed E-state index contributed by atoms with van der Waals surface area (Å²) in [4.78, 5) is 111. The summed E-state index contributed by atoms with van der Waals surface area (Å²) in [7, 11) is 0. The van der Waals surface area contributed by atoms with Crippen molar-refractivity contribution in [2.24, 2.45) is 27.7 Å². The van der Waals surface area contributed by atoms with Gasteiger partial charge in [-0.2, -0.15) is 0 Å². The summed E-state index contributed by atoms with van der Waals surface area (Å²) in [5.74, 6) is -2.50. The number of nitrogens with zero attached hydrogens (tertiary/aromatic N) is 4. The van der Waals surface area contributed by atoms with Crippen molar-refractivity contribution in [3.8, 4) is 0 Å². The third-order valence-corrected chi connectivity index (χ3v) is 23.4. The van der Waals surface area contributed by atoms with Crippen LogP contribution in [0.3, 0.4) is 0 Å². The number of rotatable bonds is 19. The first kappa shape index (κ1) is 84.9. The van der Waals surface area contributed by atoms with Gasteiger partial charge in [0.15, 0.2) is 5.78 Å². The molecular formula is C89H106ClF2N9O14. The summed E-state index contributed by atoms with van der Waals surface area (Å²) < 4.78 is 45.8. The van der Waals surface area contributed by atoms with Gasteiger partial charge in [-0.25, -0.2) is 38.3 Å². The highest BCUT2D eigenvalue weighted by Gasteiger charge is 2.71. The maximum Gasteiger partial charge on any atom is 0.354 e. The fourth-order valence-electron chi connectivity index (χ4n) is 18.8. The number of carbonyl (C=O) groups excluding carboxylic acids is 6. The number of amides is 3. The van der Waals surface area contributed by atoms with Gasteiger partial charge in [0.2, 0.25) is 0 Å². The molecule has 8 aromatic rings. The Hall–Kier alpha value is -9.53. The van der Waals surface area contributed by atoms with Gasteiger partial charge in [-0.3, -0.25) is 28.8 Å². The number of hydrogen-bond acceptors (Lipinski definition) is 18. The zero-order valence-corrected chi connectivity index (χ0v) is 67.9. The van der Waals surface area contributed by atoms with E-state index in [1.165, 1.54) is 17.2 Å². The lowest BCUT2D eigenvalue weighted by molar-refractivity contribution is -0.184. The van der Waals surface area contributed by atoms with Gasteiger partial charge in [-0.05, 0) is 235 Å². The van der Waals surface area contributed by atoms with Crippen molar-refractivity contribution < 1.29 is 76.3 Å². The minimum absolute atomic E-state index is 0. The lowest BCUT2D eigenvalue weighted by Crippen LogP contribution is -2.82. The Morgan fingerprint density at radius 2 is 0.704 bits per heavy atom. The number of carbonyl (C=O) groups is 8. The molecule has 4 heterocycles. The van der Waals surface area contributed by atoms with Crippen molar-refractivity contribution >= 4 is 103 Å². The summed E-state index contributed by atoms with van der Waals surface area (Å²) in [6.45, 7) is 19.2. The number of pyridine rings is 4. The molecule has 9 N–H and O–H groups in total. The van der Waals surface area contributed by atoms with Gasteiger partial charge in [0.05, 0.1) is 47.1 Å². The third-order valence-electron chi connectivity index (χ3n) is 23.4. The molecule has 3 amide bonds. The van der Waals surface area contributed by atoms with E-state index in [0.29, 0.717) is 62.0 Å². The number of nitrogens with two attached hydrogens (primary N) is 2. The van der Waals surface area contributed by atoms with Crippen LogP contribution < -0.4 is 27.4 Å². The predicted octanol–water partition coefficient (Wildman–Crippen LogP) is 14.4. The second kappa shape index (κ2) is 32.2. The lowest BCUT2D eigenvalue weighted by Gasteiger charge is -2.70. The highest BCUT2D eigenvalue weighted by molar-refractivity contribution is 5.98. The van der Waals surface area contributed by atoms with E-state index in [-0.39, 0.29) is 129 Å². The van der Waals surface area contributed by atoms with Gasteiger partial charge < -0.3 is 56.6 Å². The number of alkyl halides is 2. The summed E-state index contributed by atoms with van der Waals surface area (Å²) >= 11 is 0. The van der Waals surface area contributed by atoms with Crippen LogP contribution in [0, 0.1) is 43.9 Å². The Bertz CT molecular complexity index is 5050. The monoisotopic (exact) mass is 1600 g/mol. The third kappa shape index (κ3) is 20.3. The number of aromatic carboxylic acids is 1. The number of fused-ring (bicyclic) bond motifs is 4. The minimum atomic E-state index is -0.998. The van der Waals surface area contributed by atoms with Crippen LogP contribution in [0.15, 0.2) is 121 Å². The number of halogens is 3. The molecule has 0 unspecified atom stereocenters. The van der Waals surface area contributed by atoms with Gasteiger partial charge in [0.25, 0.3) is 17.7 Å². The molecule has 14 fully saturated rings. The largest absolute Gasteiger partial charge is 0.480 e. The first-order valence-electron chi connectivity index (χ1n) is 39.4. The number of carboxylic acids is 2. The van der Waals surface area contributed by atoms with Crippen molar-refractivity contribution in [2.75, 3.05) is 13.2 Å². The quantitative estimate of drug-likeness (QED) is 0.0370. The summed E-state index contributed by atoms with van der Waals surface area (Å²) in [6.07, 6.45) is 12.0. The molecule has 612 valence electrons. The number of hydrogen-bond donors (Lipinski definition) is 7. The number of benzene rings is 4. The molecule has 0 spiro atoms. The standard InChI is InChI=1S/C23H25FN2O3.C22H26N2O3.C16H17N3O.C11H19NO2.C11H9NO2.C6H9FO3.ClH/c1-14-2-4-19-15(6-14)3-5-20(25-19)21(28)26-23-11-22(12-23,13-23)9-17(27)10-29-18-7-16(24)8-18;1-14-5-7-16-15(9-14)6-8-17(23-16)19(26)24-22-11-21(12-22,13-22)10-18(25)27-20(2,3)4;1-10-2-4-12-11(6-10)3-5-13(18-12)14(20)19-16-7-15(17,8-16)9-16;1-9(2,3)14-8(13)4-10-5-11(12,6-10)7-10;1-7-2-4-9-8(6-7)3-5-10(12-9)11(13)14;7-4-1-5(2-4)10-3-6(8)9;/h2-6,16,18H,7-13H2,1H3,(H,26,28);5-9H,10-13H2,1-4H3,(H,24,26);2-6H,7-9,17H2,1H3,(H,19,20);4-7,12H2,1-3H3;2-6H,1H3,(H,13,14);4-5H,1-3H2,(H,8,9);1H. The topological polar surface area (TPSA) is 354 Å². The fourth-order valence-corrected chi connectivity index (χ4v) is 18.8. The predicted molar refractivity (Wildman–Crippen MR) is 433 cm³/mol. The molecule has 14 aliphatic rings. The molecular weight excluding hydrogens is 1490 g/mol. The Kier molecular flexibility index (Phi) is 23.7. The normalized spacial score (nSPS) is 28.3. The van der Waals surface area contributed by atoms with E-state index in [2.05, 4.69) is 54.1 Å². The van der Waals surface area contributed by atoms with Gasteiger partial charge in [0.1, 0.15) is 59.5 Å². The number of esters is 2. The minimum Gasteiger partial charge on any atom is -0.480 e. The molecule has 115 heavy (non-hydrogen) atoms. The molecule has 26 heteroatoms. The maximum atomic E-state index is 12.8. The Labute approximate surface area is 674 Å². The highest BCUT2D eigenvalue weighted by Crippen LogP contribution is 2.70. The van der Waals surface area contributed by atoms with Crippen LogP contribution in [0.1, 0.15) is 228 Å². The number of Topliss-reactive ketones (excluding diaryl/α,β-unsaturated/α-hetero) is 1. The van der Waals surface area contributed by atoms with E-state index < -0.39 is 29.9 Å². The van der Waals surface area contributed by atoms with Crippen LogP contribution in [0.4, 0.5) is 8.78 Å². The van der Waals surface area contributed by atoms with Crippen LogP contribution in [0.5, 0.6) is 0 Å². The van der Waals surface area contributed by atoms with Crippen LogP contribution in [-0.2, 0) is 38.1 Å². The van der Waals surface area contributed by atoms with Gasteiger partial charge in [0, 0.05) is 81.3 Å². The van der Waals surface area contributed by atoms with Crippen molar-refractivity contribution in [3.63, 3.8) is 0 Å². The molecule has 0 saturated heterocycles. The molecule has 4 aromatic carbocycles. The van der Waals surface area contributed by atoms with E-state index in [4.69, 9.17) is 40.6 Å². The Morgan fingerprint density at radius 1 is 0.417 bits per heavy atom. The van der Waals surface area contributed by atoms with Crippen molar-refractivity contribution in [3.05, 3.63) is 166 Å². The summed E-state index contributed by atoms with van der Waals surface area (Å²) in [5, 5.41) is 30.3. The van der Waals surface area contributed by atoms with Crippen LogP contribution in [0.2, 0.25) is 0 Å². The molecule has 8 bridgehead atoms. The Balaban J connectivity index is 0.000000132. The van der Waals surface area contributed by atoms with Gasteiger partial charge in [-0.15, -0.1) is 12.4 Å². The zero-order chi connectivity index (χ0) is 81.9. The lowest BCUT2D eigenvalue weighted by atomic mass is 9.38. The number of ether oxygens (including phenoxy) is 4. The molecule has 4 aromatic heterocycles. The van der Waals surface area contributed by atoms with Crippen molar-refractivity contribution in [1.82, 2.24) is 35.9 Å². The number of ketones is 1. The molecule has 0 atom stereocenters. The number of aromatic nitrogens is 4. The van der Waals surface area contributed by atoms with E-state index in [1.807, 2.05) is 142 Å². The van der Waals surface area contributed by atoms with Gasteiger partial charge >= 0.3 is 23.9 Å². The highest BCUT2D eigenvalue weighted by atomic mass is 35.5. The second-order valence-corrected chi connectivity index (χ2v) is 37.1. The zero-order valence-electron chi connectivity index (χ0n) is 67.1. The first-order chi connectivity index (χ1) is 53.4. The van der Waals surface area contributed by atoms with E-state index in [0.717, 1.165) is 132 Å². The maximum absolute atomic E-state index is 12.8. The van der Waals surface area contributed by atoms with E-state index in [9.17, 15) is 47.1 Å². The number of carboxylic acid groups (broad SMARTS) is 2. The first-order valence-corrected chi connectivity index (χ1v) is 39.4. The molecule has 0 radical (unpaired) electrons. The molecule has 23 nitrogen and oxygen atoms in total. The summed E-state index contributed by atoms with van der Waals surface area (Å²) in [5.41, 5.74) is 20.4. The van der Waals surface area contributed by atoms with Crippen molar-refractivity contribution in [2.45, 2.75) is 255 Å². The average Bonchev–Trinajstić information content (AvgIpc) is 0.681. The smallest absolute Gasteiger partial charge is 0.354 e. The van der Waals surface area contributed by atoms with E-state index in [1.54, 1.807) is 24.3 Å². The fraction of sp³-hybridized carbons (Fsp3) is 0.506. The Morgan fingerprint density at radius 3 is 1.00 bits per heavy atom. The van der Waals surface area contributed by atoms with Crippen molar-refractivity contribution in [1.29, 1.82) is 0 Å². The SMILES string of the molecule is CC(C)(C)OC(=O)CC12CC(N)(C1)C2.Cc1ccc2nc(C(=O)NC34CC(CC(=O)COC5CC(F)C5)(C3)C4)ccc2c1.Cc1ccc2nc(C(=O)NC34CC(CC(=O)OC(C)(C)C)(C3)C4)ccc2c1.Cc1ccc2nc(C(=O)NC34CC(N)(C3)C4)ccc2c1.Cc1ccc2nc(C(=O)O)ccc2c1.Cl.O=C(O)COC1CC(F)C1. The van der Waals surface area contributed by atoms with Crippen LogP contribution in [-0.4, -0.2) is 154 Å². The number of aryl methyl sites for hydroxylation is 4. The molecule has 0 aliphatic heterocycles. The number of nitrogens with one attached hydrogen (secondary N) is 3. The van der Waals surface area contributed by atoms with Gasteiger partial charge in [-0.1, -0.05) is 70.8 Å². The van der Waals surface area contributed by atoms with Crippen LogP contribution in [0.25, 0.3) is 43.6 Å². The molecule has 14 saturated carbocycles. The number of aliphatic carboxylic acids is 1. The molecule has 22 rings (SSSR count). The molecule has 14 aliphatic carbocycles. The van der Waals surface area contributed by atoms with E-state index >= 15 is 0 Å². The second-order valence-electron chi connectivity index (χ2n) is 37.1. The van der Waals surface area contributed by atoms with Crippen LogP contribution >= 0.6 is 12.4 Å². The summed E-state index contributed by atoms with van der Waals surface area (Å²) in [6, 6.07) is 38.2.